The van der Waals surface area contributed by atoms with E-state index in [1.54, 1.807) is 6.07 Å². The summed E-state index contributed by atoms with van der Waals surface area (Å²) in [6.45, 7) is 4.11. The van der Waals surface area contributed by atoms with Crippen LogP contribution in [-0.4, -0.2) is 19.4 Å². The van der Waals surface area contributed by atoms with Gasteiger partial charge in [0.2, 0.25) is 0 Å². The van der Waals surface area contributed by atoms with Gasteiger partial charge in [-0.15, -0.1) is 0 Å². The average Bonchev–Trinajstić information content (AvgIpc) is 3.33. The van der Waals surface area contributed by atoms with Crippen molar-refractivity contribution in [1.82, 2.24) is 19.4 Å². The molecule has 184 valence electrons. The Labute approximate surface area is 217 Å². The highest BCUT2D eigenvalue weighted by Gasteiger charge is 2.28. The molecule has 0 unspecified atom stereocenters. The van der Waals surface area contributed by atoms with Crippen LogP contribution >= 0.6 is 0 Å². The fourth-order valence-corrected chi connectivity index (χ4v) is 5.27. The summed E-state index contributed by atoms with van der Waals surface area (Å²) in [4.78, 5) is 14.9. The first-order chi connectivity index (χ1) is 18.4. The molecule has 6 heteroatoms. The number of imidazole rings is 1. The van der Waals surface area contributed by atoms with Gasteiger partial charge in [-0.25, -0.2) is 18.7 Å². The molecule has 0 aliphatic carbocycles. The summed E-state index contributed by atoms with van der Waals surface area (Å²) in [6.07, 6.45) is 0. The lowest BCUT2D eigenvalue weighted by Gasteiger charge is -2.25. The summed E-state index contributed by atoms with van der Waals surface area (Å²) < 4.78 is 30.2. The van der Waals surface area contributed by atoms with Crippen molar-refractivity contribution in [2.75, 3.05) is 0 Å². The zero-order valence-electron chi connectivity index (χ0n) is 20.8. The van der Waals surface area contributed by atoms with Crippen molar-refractivity contribution in [1.29, 1.82) is 0 Å². The predicted molar refractivity (Wildman–Crippen MR) is 147 cm³/mol. The lowest BCUT2D eigenvalue weighted by Crippen LogP contribution is -2.22. The van der Waals surface area contributed by atoms with Crippen LogP contribution in [-0.2, 0) is 5.41 Å². The number of para-hydroxylation sites is 2. The minimum Gasteiger partial charge on any atom is -0.290 e. The van der Waals surface area contributed by atoms with Gasteiger partial charge in [-0.2, -0.15) is 0 Å². The Kier molecular flexibility index (Phi) is 4.82. The van der Waals surface area contributed by atoms with Crippen LogP contribution in [0.1, 0.15) is 25.2 Å². The number of hydrogen-bond acceptors (Lipinski definition) is 3. The first kappa shape index (κ1) is 22.5. The van der Waals surface area contributed by atoms with E-state index >= 15 is 0 Å². The van der Waals surface area contributed by atoms with Crippen LogP contribution in [0.5, 0.6) is 0 Å². The molecule has 0 saturated carbocycles. The lowest BCUT2D eigenvalue weighted by atomic mass is 9.84. The normalized spacial score (nSPS) is 12.2. The quantitative estimate of drug-likeness (QED) is 0.232. The molecule has 38 heavy (non-hydrogen) atoms. The highest BCUT2D eigenvalue weighted by molar-refractivity contribution is 6.12. The van der Waals surface area contributed by atoms with E-state index in [1.807, 2.05) is 48.5 Å². The maximum Gasteiger partial charge on any atom is 0.146 e. The van der Waals surface area contributed by atoms with Gasteiger partial charge in [0.15, 0.2) is 0 Å². The van der Waals surface area contributed by atoms with Crippen LogP contribution < -0.4 is 0 Å². The predicted octanol–water partition coefficient (Wildman–Crippen LogP) is 7.86. The molecule has 0 aliphatic heterocycles. The van der Waals surface area contributed by atoms with Crippen molar-refractivity contribution in [2.24, 2.45) is 0 Å². The zero-order valence-corrected chi connectivity index (χ0v) is 20.8. The standard InChI is InChI=1S/C32H22F2N4/c1-32(2,28-13-7-11-24(35-28)22-15-14-19(33)18-23(22)34)29-17-16-27-30(37-29)20-8-3-4-9-21(20)31-36-25-10-5-6-12-26(25)38(27)31/h3-18H,1-2H3. The second-order valence-electron chi connectivity index (χ2n) is 10.0. The van der Waals surface area contributed by atoms with Gasteiger partial charge in [0.25, 0.3) is 0 Å². The molecule has 4 aromatic heterocycles. The third-order valence-corrected chi connectivity index (χ3v) is 7.34. The van der Waals surface area contributed by atoms with E-state index in [0.717, 1.165) is 55.9 Å². The Morgan fingerprint density at radius 1 is 0.658 bits per heavy atom. The summed E-state index contributed by atoms with van der Waals surface area (Å²) in [5.74, 6) is -1.26. The smallest absolute Gasteiger partial charge is 0.146 e. The first-order valence-electron chi connectivity index (χ1n) is 12.4. The van der Waals surface area contributed by atoms with Crippen molar-refractivity contribution in [3.63, 3.8) is 0 Å². The van der Waals surface area contributed by atoms with Crippen LogP contribution in [0.4, 0.5) is 8.78 Å². The zero-order chi connectivity index (χ0) is 26.0. The first-order valence-corrected chi connectivity index (χ1v) is 12.4. The van der Waals surface area contributed by atoms with E-state index < -0.39 is 17.0 Å². The van der Waals surface area contributed by atoms with Gasteiger partial charge in [0.05, 0.1) is 39.1 Å². The van der Waals surface area contributed by atoms with Gasteiger partial charge in [0.1, 0.15) is 17.3 Å². The molecule has 0 N–H and O–H groups in total. The van der Waals surface area contributed by atoms with E-state index in [4.69, 9.17) is 15.0 Å². The minimum absolute atomic E-state index is 0.260. The minimum atomic E-state index is -0.640. The summed E-state index contributed by atoms with van der Waals surface area (Å²) >= 11 is 0. The second kappa shape index (κ2) is 8.15. The molecule has 0 aliphatic rings. The van der Waals surface area contributed by atoms with Crippen LogP contribution in [0, 0.1) is 11.6 Å². The van der Waals surface area contributed by atoms with Crippen LogP contribution in [0.25, 0.3) is 49.7 Å². The maximum absolute atomic E-state index is 14.5. The monoisotopic (exact) mass is 500 g/mol. The Hall–Kier alpha value is -4.71. The Bertz CT molecular complexity index is 2040. The number of benzene rings is 3. The summed E-state index contributed by atoms with van der Waals surface area (Å²) in [5, 5.41) is 2.06. The SMILES string of the molecule is CC(C)(c1cccc(-c2ccc(F)cc2F)n1)c1ccc2c(n1)c1ccccc1c1nc3ccccc3n21. The van der Waals surface area contributed by atoms with E-state index in [2.05, 4.69) is 42.5 Å². The van der Waals surface area contributed by atoms with Crippen molar-refractivity contribution < 1.29 is 8.78 Å². The Morgan fingerprint density at radius 3 is 2.26 bits per heavy atom. The highest BCUT2D eigenvalue weighted by atomic mass is 19.1. The molecule has 4 heterocycles. The number of hydrogen-bond donors (Lipinski definition) is 0. The van der Waals surface area contributed by atoms with E-state index in [9.17, 15) is 8.78 Å². The van der Waals surface area contributed by atoms with Crippen LogP contribution in [0.15, 0.2) is 97.1 Å². The summed E-state index contributed by atoms with van der Waals surface area (Å²) in [5.41, 5.74) is 6.41. The maximum atomic E-state index is 14.5. The van der Waals surface area contributed by atoms with Gasteiger partial charge < -0.3 is 0 Å². The van der Waals surface area contributed by atoms with E-state index in [-0.39, 0.29) is 5.56 Å². The molecule has 4 nitrogen and oxygen atoms in total. The lowest BCUT2D eigenvalue weighted by molar-refractivity contribution is 0.583. The molecule has 0 amide bonds. The molecule has 0 atom stereocenters. The Balaban J connectivity index is 1.45. The number of halogens is 2. The molecule has 0 fully saturated rings. The average molecular weight is 501 g/mol. The number of aromatic nitrogens is 4. The molecule has 0 spiro atoms. The molecular weight excluding hydrogens is 478 g/mol. The third kappa shape index (κ3) is 3.30. The van der Waals surface area contributed by atoms with Crippen LogP contribution in [0.3, 0.4) is 0 Å². The van der Waals surface area contributed by atoms with Gasteiger partial charge in [-0.3, -0.25) is 9.38 Å². The number of nitrogens with zero attached hydrogens (tertiary/aromatic N) is 4. The second-order valence-corrected chi connectivity index (χ2v) is 10.0. The van der Waals surface area contributed by atoms with Crippen molar-refractivity contribution in [3.8, 4) is 11.3 Å². The largest absolute Gasteiger partial charge is 0.290 e. The fourth-order valence-electron chi connectivity index (χ4n) is 5.27. The van der Waals surface area contributed by atoms with Crippen molar-refractivity contribution in [2.45, 2.75) is 19.3 Å². The number of rotatable bonds is 3. The van der Waals surface area contributed by atoms with E-state index in [1.165, 1.54) is 12.1 Å². The molecule has 7 aromatic rings. The Morgan fingerprint density at radius 2 is 1.42 bits per heavy atom. The summed E-state index contributed by atoms with van der Waals surface area (Å²) in [7, 11) is 0. The van der Waals surface area contributed by atoms with Gasteiger partial charge in [-0.05, 0) is 62.4 Å². The molecule has 0 radical (unpaired) electrons. The van der Waals surface area contributed by atoms with Crippen molar-refractivity contribution in [3.05, 3.63) is 120 Å². The van der Waals surface area contributed by atoms with Gasteiger partial charge in [-0.1, -0.05) is 42.5 Å². The molecule has 7 rings (SSSR count). The third-order valence-electron chi connectivity index (χ3n) is 7.34. The molecular formula is C32H22F2N4. The number of fused-ring (bicyclic) bond motifs is 8. The van der Waals surface area contributed by atoms with Crippen molar-refractivity contribution >= 4 is 38.5 Å². The van der Waals surface area contributed by atoms with Gasteiger partial charge in [0, 0.05) is 27.8 Å². The fraction of sp³-hybridized carbons (Fsp3) is 0.0938. The topological polar surface area (TPSA) is 43.1 Å². The van der Waals surface area contributed by atoms with Crippen LogP contribution in [0.2, 0.25) is 0 Å². The molecule has 0 bridgehead atoms. The molecule has 0 saturated heterocycles. The van der Waals surface area contributed by atoms with Gasteiger partial charge >= 0.3 is 0 Å². The molecule has 3 aromatic carbocycles. The number of pyridine rings is 3. The highest BCUT2D eigenvalue weighted by Crippen LogP contribution is 2.35. The van der Waals surface area contributed by atoms with E-state index in [0.29, 0.717) is 5.69 Å². The summed E-state index contributed by atoms with van der Waals surface area (Å²) in [6, 6.07) is 29.5.